The number of likely N-dealkylation sites (N-methyl/N-ethyl adjacent to an activating group) is 1. The van der Waals surface area contributed by atoms with Crippen molar-refractivity contribution in [2.45, 2.75) is 18.9 Å². The van der Waals surface area contributed by atoms with Crippen molar-refractivity contribution in [1.82, 2.24) is 4.31 Å². The molecule has 0 saturated carbocycles. The average Bonchev–Trinajstić information content (AvgIpc) is 2.36. The fraction of sp³-hybridized carbons (Fsp3) is 0.417. The van der Waals surface area contributed by atoms with Gasteiger partial charge < -0.3 is 5.73 Å². The fourth-order valence-corrected chi connectivity index (χ4v) is 3.53. The highest BCUT2D eigenvalue weighted by Gasteiger charge is 2.32. The van der Waals surface area contributed by atoms with Crippen LogP contribution in [-0.4, -0.2) is 31.7 Å². The van der Waals surface area contributed by atoms with Crippen molar-refractivity contribution in [3.05, 3.63) is 34.3 Å². The van der Waals surface area contributed by atoms with E-state index in [1.54, 1.807) is 0 Å². The van der Waals surface area contributed by atoms with Crippen LogP contribution in [0, 0.1) is 0 Å². The predicted molar refractivity (Wildman–Crippen MR) is 75.5 cm³/mol. The van der Waals surface area contributed by atoms with Crippen molar-refractivity contribution in [3.8, 4) is 0 Å². The number of carbonyl (C=O) groups excluding carboxylic acids is 1. The lowest BCUT2D eigenvalue weighted by molar-refractivity contribution is -0.137. The Bertz CT molecular complexity index is 662. The third kappa shape index (κ3) is 4.85. The number of primary amides is 1. The predicted octanol–water partition coefficient (Wildman–Crippen LogP) is 2.00. The van der Waals surface area contributed by atoms with Crippen LogP contribution < -0.4 is 5.73 Å². The summed E-state index contributed by atoms with van der Waals surface area (Å²) in [6, 6.07) is 2.43. The van der Waals surface area contributed by atoms with Crippen molar-refractivity contribution in [2.75, 3.05) is 13.1 Å². The van der Waals surface area contributed by atoms with E-state index in [4.69, 9.17) is 17.3 Å². The van der Waals surface area contributed by atoms with Gasteiger partial charge in [0, 0.05) is 11.6 Å². The summed E-state index contributed by atoms with van der Waals surface area (Å²) in [5, 5.41) is -0.105. The molecule has 0 aliphatic heterocycles. The third-order valence-corrected chi connectivity index (χ3v) is 5.01. The van der Waals surface area contributed by atoms with Crippen molar-refractivity contribution >= 4 is 27.5 Å². The smallest absolute Gasteiger partial charge is 0.369 e. The molecule has 2 N–H and O–H groups in total. The topological polar surface area (TPSA) is 80.5 Å². The molecule has 0 fully saturated rings. The molecule has 0 aliphatic carbocycles. The molecule has 0 unspecified atom stereocenters. The number of nitrogens with zero attached hydrogens (tertiary/aromatic N) is 1. The summed E-state index contributed by atoms with van der Waals surface area (Å²) in [5.74, 6) is -1.61. The van der Waals surface area contributed by atoms with Crippen LogP contribution in [0.15, 0.2) is 18.2 Å². The zero-order valence-corrected chi connectivity index (χ0v) is 13.1. The molecule has 22 heavy (non-hydrogen) atoms. The van der Waals surface area contributed by atoms with E-state index in [-0.39, 0.29) is 17.1 Å². The maximum atomic E-state index is 12.7. The maximum absolute atomic E-state index is 12.7. The molecule has 0 bridgehead atoms. The van der Waals surface area contributed by atoms with Crippen LogP contribution >= 0.6 is 11.6 Å². The van der Waals surface area contributed by atoms with E-state index in [2.05, 4.69) is 0 Å². The van der Waals surface area contributed by atoms with E-state index in [1.165, 1.54) is 6.92 Å². The molecule has 1 aromatic carbocycles. The summed E-state index contributed by atoms with van der Waals surface area (Å²) >= 11 is 5.76. The average molecular weight is 359 g/mol. The van der Waals surface area contributed by atoms with Gasteiger partial charge in [0.15, 0.2) is 0 Å². The van der Waals surface area contributed by atoms with Gasteiger partial charge in [0.25, 0.3) is 0 Å². The van der Waals surface area contributed by atoms with Gasteiger partial charge in [-0.3, -0.25) is 4.79 Å². The van der Waals surface area contributed by atoms with E-state index >= 15 is 0 Å². The minimum absolute atomic E-state index is 0.0398. The summed E-state index contributed by atoms with van der Waals surface area (Å²) in [6.45, 7) is 0.894. The Hall–Kier alpha value is -1.32. The molecule has 1 amide bonds. The first-order valence-electron chi connectivity index (χ1n) is 6.09. The second-order valence-electron chi connectivity index (χ2n) is 4.45. The van der Waals surface area contributed by atoms with Crippen LogP contribution in [0.4, 0.5) is 13.2 Å². The molecule has 0 spiro atoms. The summed E-state index contributed by atoms with van der Waals surface area (Å²) in [7, 11) is -4.02. The third-order valence-electron chi connectivity index (χ3n) is 2.79. The highest BCUT2D eigenvalue weighted by molar-refractivity contribution is 7.88. The zero-order valence-electron chi connectivity index (χ0n) is 11.5. The Balaban J connectivity index is 3.14. The lowest BCUT2D eigenvalue weighted by Gasteiger charge is -2.19. The molecule has 10 heteroatoms. The van der Waals surface area contributed by atoms with Gasteiger partial charge in [-0.25, -0.2) is 8.42 Å². The van der Waals surface area contributed by atoms with Crippen LogP contribution in [0.2, 0.25) is 5.02 Å². The SMILES string of the molecule is CCN(CC(N)=O)S(=O)(=O)Cc1cc(C(F)(F)F)ccc1Cl. The van der Waals surface area contributed by atoms with Gasteiger partial charge in [0.2, 0.25) is 15.9 Å². The number of hydrogen-bond acceptors (Lipinski definition) is 3. The van der Waals surface area contributed by atoms with E-state index in [9.17, 15) is 26.4 Å². The van der Waals surface area contributed by atoms with Gasteiger partial charge in [-0.05, 0) is 23.8 Å². The molecular weight excluding hydrogens is 345 g/mol. The van der Waals surface area contributed by atoms with Crippen LogP contribution in [-0.2, 0) is 26.7 Å². The quantitative estimate of drug-likeness (QED) is 0.844. The number of benzene rings is 1. The van der Waals surface area contributed by atoms with Gasteiger partial charge in [-0.2, -0.15) is 17.5 Å². The fourth-order valence-electron chi connectivity index (χ4n) is 1.73. The van der Waals surface area contributed by atoms with E-state index < -0.39 is 40.0 Å². The second kappa shape index (κ2) is 6.84. The Labute approximate surface area is 130 Å². The molecule has 0 heterocycles. The van der Waals surface area contributed by atoms with Crippen LogP contribution in [0.1, 0.15) is 18.1 Å². The number of rotatable bonds is 6. The molecule has 0 aromatic heterocycles. The minimum atomic E-state index is -4.61. The van der Waals surface area contributed by atoms with Crippen LogP contribution in [0.25, 0.3) is 0 Å². The first-order chi connectivity index (χ1) is 9.97. The number of halogens is 4. The van der Waals surface area contributed by atoms with Gasteiger partial charge >= 0.3 is 6.18 Å². The highest BCUT2D eigenvalue weighted by Crippen LogP contribution is 2.32. The molecule has 0 aliphatic rings. The van der Waals surface area contributed by atoms with Crippen molar-refractivity contribution in [1.29, 1.82) is 0 Å². The zero-order chi connectivity index (χ0) is 17.1. The van der Waals surface area contributed by atoms with Crippen LogP contribution in [0.5, 0.6) is 0 Å². The van der Waals surface area contributed by atoms with Gasteiger partial charge in [-0.1, -0.05) is 18.5 Å². The van der Waals surface area contributed by atoms with Crippen LogP contribution in [0.3, 0.4) is 0 Å². The lowest BCUT2D eigenvalue weighted by atomic mass is 10.1. The standard InChI is InChI=1S/C12H14ClF3N2O3S/c1-2-18(6-11(17)19)22(20,21)7-8-5-9(12(14,15)16)3-4-10(8)13/h3-5H,2,6-7H2,1H3,(H2,17,19). The van der Waals surface area contributed by atoms with E-state index in [0.29, 0.717) is 6.07 Å². The molecule has 1 rings (SSSR count). The molecular formula is C12H14ClF3N2O3S. The first kappa shape index (κ1) is 18.7. The molecule has 5 nitrogen and oxygen atoms in total. The molecule has 0 atom stereocenters. The molecule has 0 radical (unpaired) electrons. The number of carbonyl (C=O) groups is 1. The summed E-state index contributed by atoms with van der Waals surface area (Å²) in [6.07, 6.45) is -4.61. The molecule has 1 aromatic rings. The van der Waals surface area contributed by atoms with Gasteiger partial charge in [0.05, 0.1) is 17.9 Å². The van der Waals surface area contributed by atoms with Crippen molar-refractivity contribution < 1.29 is 26.4 Å². The largest absolute Gasteiger partial charge is 0.416 e. The van der Waals surface area contributed by atoms with E-state index in [0.717, 1.165) is 16.4 Å². The first-order valence-corrected chi connectivity index (χ1v) is 8.08. The molecule has 124 valence electrons. The monoisotopic (exact) mass is 358 g/mol. The number of hydrogen-bond donors (Lipinski definition) is 1. The summed E-state index contributed by atoms with van der Waals surface area (Å²) < 4.78 is 63.1. The second-order valence-corrected chi connectivity index (χ2v) is 6.83. The number of alkyl halides is 3. The normalized spacial score (nSPS) is 12.6. The Morgan fingerprint density at radius 2 is 1.95 bits per heavy atom. The Morgan fingerprint density at radius 3 is 2.41 bits per heavy atom. The lowest BCUT2D eigenvalue weighted by Crippen LogP contribution is -2.38. The Kier molecular flexibility index (Phi) is 5.82. The van der Waals surface area contributed by atoms with Crippen molar-refractivity contribution in [3.63, 3.8) is 0 Å². The summed E-state index contributed by atoms with van der Waals surface area (Å²) in [4.78, 5) is 10.9. The number of nitrogens with two attached hydrogens (primary N) is 1. The Morgan fingerprint density at radius 1 is 1.36 bits per heavy atom. The van der Waals surface area contributed by atoms with Crippen molar-refractivity contribution in [2.24, 2.45) is 5.73 Å². The van der Waals surface area contributed by atoms with Gasteiger partial charge in [0.1, 0.15) is 0 Å². The number of sulfonamides is 1. The number of amides is 1. The molecule has 0 saturated heterocycles. The highest BCUT2D eigenvalue weighted by atomic mass is 35.5. The van der Waals surface area contributed by atoms with E-state index in [1.807, 2.05) is 0 Å². The summed E-state index contributed by atoms with van der Waals surface area (Å²) in [5.41, 5.74) is 3.76. The van der Waals surface area contributed by atoms with Gasteiger partial charge in [-0.15, -0.1) is 0 Å². The minimum Gasteiger partial charge on any atom is -0.369 e. The maximum Gasteiger partial charge on any atom is 0.416 e.